The van der Waals surface area contributed by atoms with E-state index in [0.717, 1.165) is 27.3 Å². The second-order valence-corrected chi connectivity index (χ2v) is 7.24. The van der Waals surface area contributed by atoms with E-state index in [1.165, 1.54) is 23.5 Å². The molecule has 4 nitrogen and oxygen atoms in total. The molecule has 1 aromatic heterocycles. The van der Waals surface area contributed by atoms with Crippen molar-refractivity contribution in [1.29, 1.82) is 0 Å². The number of carbonyl (C=O) groups excluding carboxylic acids is 1. The summed E-state index contributed by atoms with van der Waals surface area (Å²) in [6.07, 6.45) is 0. The Morgan fingerprint density at radius 3 is 2.58 bits per heavy atom. The first-order valence-electron chi connectivity index (χ1n) is 8.15. The number of rotatable bonds is 5. The van der Waals surface area contributed by atoms with Gasteiger partial charge in [0.25, 0.3) is 5.91 Å². The third kappa shape index (κ3) is 4.26. The Morgan fingerprint density at radius 1 is 1.15 bits per heavy atom. The van der Waals surface area contributed by atoms with Crippen molar-refractivity contribution < 1.29 is 13.9 Å². The average Bonchev–Trinajstić information content (AvgIpc) is 2.95. The number of hydrogen-bond donors (Lipinski definition) is 1. The molecule has 3 rings (SSSR count). The first-order chi connectivity index (χ1) is 12.4. The van der Waals surface area contributed by atoms with Crippen molar-refractivity contribution in [2.24, 2.45) is 0 Å². The van der Waals surface area contributed by atoms with Gasteiger partial charge in [-0.05, 0) is 56.7 Å². The van der Waals surface area contributed by atoms with Gasteiger partial charge in [-0.3, -0.25) is 10.1 Å². The molecule has 3 aromatic rings. The summed E-state index contributed by atoms with van der Waals surface area (Å²) in [6, 6.07) is 11.9. The molecule has 0 spiro atoms. The van der Waals surface area contributed by atoms with Crippen molar-refractivity contribution in [2.75, 3.05) is 11.9 Å². The van der Waals surface area contributed by atoms with Crippen LogP contribution in [0.2, 0.25) is 0 Å². The zero-order valence-corrected chi connectivity index (χ0v) is 15.6. The number of aromatic nitrogens is 1. The molecule has 1 amide bonds. The minimum atomic E-state index is -0.293. The predicted octanol–water partition coefficient (Wildman–Crippen LogP) is 4.89. The van der Waals surface area contributed by atoms with E-state index in [9.17, 15) is 9.18 Å². The maximum Gasteiger partial charge on any atom is 0.264 e. The van der Waals surface area contributed by atoms with Gasteiger partial charge in [0.2, 0.25) is 0 Å². The smallest absolute Gasteiger partial charge is 0.264 e. The number of halogens is 1. The summed E-state index contributed by atoms with van der Waals surface area (Å²) in [5.74, 6) is 0.121. The first-order valence-corrected chi connectivity index (χ1v) is 8.97. The molecule has 26 heavy (non-hydrogen) atoms. The van der Waals surface area contributed by atoms with Crippen LogP contribution >= 0.6 is 11.3 Å². The van der Waals surface area contributed by atoms with E-state index in [4.69, 9.17) is 4.74 Å². The fourth-order valence-electron chi connectivity index (χ4n) is 2.59. The molecule has 0 aliphatic heterocycles. The number of aryl methyl sites for hydroxylation is 3. The number of nitrogens with one attached hydrogen (secondary N) is 1. The van der Waals surface area contributed by atoms with Crippen molar-refractivity contribution in [3.63, 3.8) is 0 Å². The molecule has 0 bridgehead atoms. The molecule has 0 saturated carbocycles. The molecule has 1 heterocycles. The van der Waals surface area contributed by atoms with Crippen LogP contribution in [-0.4, -0.2) is 17.5 Å². The molecule has 0 fully saturated rings. The maximum absolute atomic E-state index is 13.1. The fourth-order valence-corrected chi connectivity index (χ4v) is 3.44. The first kappa shape index (κ1) is 18.1. The Morgan fingerprint density at radius 2 is 1.88 bits per heavy atom. The van der Waals surface area contributed by atoms with E-state index >= 15 is 0 Å². The number of hydrogen-bond acceptors (Lipinski definition) is 4. The number of thiazole rings is 1. The summed E-state index contributed by atoms with van der Waals surface area (Å²) >= 11 is 1.38. The van der Waals surface area contributed by atoms with Crippen molar-refractivity contribution in [2.45, 2.75) is 20.8 Å². The molecule has 0 aliphatic rings. The topological polar surface area (TPSA) is 51.2 Å². The fraction of sp³-hybridized carbons (Fsp3) is 0.200. The van der Waals surface area contributed by atoms with Crippen molar-refractivity contribution in [1.82, 2.24) is 4.98 Å². The number of amides is 1. The van der Waals surface area contributed by atoms with Crippen molar-refractivity contribution in [3.05, 3.63) is 64.3 Å². The van der Waals surface area contributed by atoms with E-state index in [0.29, 0.717) is 10.9 Å². The van der Waals surface area contributed by atoms with Crippen LogP contribution in [0.4, 0.5) is 9.52 Å². The lowest BCUT2D eigenvalue weighted by molar-refractivity contribution is -0.118. The van der Waals surface area contributed by atoms with Crippen molar-refractivity contribution in [3.8, 4) is 17.0 Å². The molecule has 1 N–H and O–H groups in total. The lowest BCUT2D eigenvalue weighted by Crippen LogP contribution is -2.20. The standard InChI is InChI=1S/C20H19FN2O2S/c1-12-4-9-17(13(2)10-12)25-11-18(24)22-20-23-19(14(3)26-20)15-5-7-16(21)8-6-15/h4-10H,11H2,1-3H3,(H,22,23,24). The largest absolute Gasteiger partial charge is 0.483 e. The SMILES string of the molecule is Cc1ccc(OCC(=O)Nc2nc(-c3ccc(F)cc3)c(C)s2)c(C)c1. The molecule has 0 atom stereocenters. The summed E-state index contributed by atoms with van der Waals surface area (Å²) in [6.45, 7) is 5.78. The third-order valence-electron chi connectivity index (χ3n) is 3.85. The van der Waals surface area contributed by atoms with Gasteiger partial charge >= 0.3 is 0 Å². The van der Waals surface area contributed by atoms with Crippen LogP contribution in [0.25, 0.3) is 11.3 Å². The number of benzene rings is 2. The lowest BCUT2D eigenvalue weighted by atomic mass is 10.1. The van der Waals surface area contributed by atoms with Gasteiger partial charge in [0.15, 0.2) is 11.7 Å². The van der Waals surface area contributed by atoms with Gasteiger partial charge in [-0.2, -0.15) is 0 Å². The van der Waals surface area contributed by atoms with Crippen LogP contribution in [0.3, 0.4) is 0 Å². The van der Waals surface area contributed by atoms with Crippen LogP contribution < -0.4 is 10.1 Å². The van der Waals surface area contributed by atoms with E-state index in [2.05, 4.69) is 10.3 Å². The molecule has 2 aromatic carbocycles. The molecule has 0 aliphatic carbocycles. The summed E-state index contributed by atoms with van der Waals surface area (Å²) in [4.78, 5) is 17.5. The van der Waals surface area contributed by atoms with Gasteiger partial charge in [0.05, 0.1) is 5.69 Å². The van der Waals surface area contributed by atoms with Crippen LogP contribution in [-0.2, 0) is 4.79 Å². The number of nitrogens with zero attached hydrogens (tertiary/aromatic N) is 1. The van der Waals surface area contributed by atoms with Gasteiger partial charge in [0.1, 0.15) is 11.6 Å². The minimum absolute atomic E-state index is 0.0889. The lowest BCUT2D eigenvalue weighted by Gasteiger charge is -2.09. The Hall–Kier alpha value is -2.73. The molecular formula is C20H19FN2O2S. The number of anilines is 1. The van der Waals surface area contributed by atoms with E-state index < -0.39 is 0 Å². The molecule has 0 unspecified atom stereocenters. The summed E-state index contributed by atoms with van der Waals surface area (Å²) in [5, 5.41) is 3.25. The number of carbonyl (C=O) groups is 1. The summed E-state index contributed by atoms with van der Waals surface area (Å²) in [7, 11) is 0. The van der Waals surface area contributed by atoms with E-state index in [1.54, 1.807) is 12.1 Å². The normalized spacial score (nSPS) is 10.6. The van der Waals surface area contributed by atoms with Gasteiger partial charge in [-0.15, -0.1) is 11.3 Å². The van der Waals surface area contributed by atoms with Gasteiger partial charge in [-0.25, -0.2) is 9.37 Å². The van der Waals surface area contributed by atoms with Crippen LogP contribution in [0.5, 0.6) is 5.75 Å². The van der Waals surface area contributed by atoms with Crippen LogP contribution in [0, 0.1) is 26.6 Å². The third-order valence-corrected chi connectivity index (χ3v) is 4.74. The van der Waals surface area contributed by atoms with Gasteiger partial charge in [-0.1, -0.05) is 17.7 Å². The molecule has 6 heteroatoms. The Kier molecular flexibility index (Phi) is 5.32. The average molecular weight is 370 g/mol. The highest BCUT2D eigenvalue weighted by atomic mass is 32.1. The Balaban J connectivity index is 1.64. The highest BCUT2D eigenvalue weighted by Crippen LogP contribution is 2.30. The second-order valence-electron chi connectivity index (χ2n) is 6.04. The van der Waals surface area contributed by atoms with E-state index in [1.807, 2.05) is 39.0 Å². The quantitative estimate of drug-likeness (QED) is 0.695. The molecule has 0 saturated heterocycles. The highest BCUT2D eigenvalue weighted by Gasteiger charge is 2.13. The van der Waals surface area contributed by atoms with Gasteiger partial charge in [0, 0.05) is 10.4 Å². The molecular weight excluding hydrogens is 351 g/mol. The van der Waals surface area contributed by atoms with Crippen LogP contribution in [0.15, 0.2) is 42.5 Å². The second kappa shape index (κ2) is 7.66. The highest BCUT2D eigenvalue weighted by molar-refractivity contribution is 7.16. The zero-order valence-electron chi connectivity index (χ0n) is 14.8. The predicted molar refractivity (Wildman–Crippen MR) is 102 cm³/mol. The maximum atomic E-state index is 13.1. The minimum Gasteiger partial charge on any atom is -0.483 e. The number of ether oxygens (including phenoxy) is 1. The molecule has 134 valence electrons. The Bertz CT molecular complexity index is 935. The monoisotopic (exact) mass is 370 g/mol. The van der Waals surface area contributed by atoms with Crippen molar-refractivity contribution >= 4 is 22.4 Å². The van der Waals surface area contributed by atoms with Gasteiger partial charge < -0.3 is 4.74 Å². The molecule has 0 radical (unpaired) electrons. The zero-order chi connectivity index (χ0) is 18.7. The Labute approximate surface area is 155 Å². The summed E-state index contributed by atoms with van der Waals surface area (Å²) in [5.41, 5.74) is 3.68. The van der Waals surface area contributed by atoms with Crippen LogP contribution in [0.1, 0.15) is 16.0 Å². The van der Waals surface area contributed by atoms with E-state index in [-0.39, 0.29) is 18.3 Å². The summed E-state index contributed by atoms with van der Waals surface area (Å²) < 4.78 is 18.7.